The maximum Gasteiger partial charge on any atom is 0.187 e. The fourth-order valence-corrected chi connectivity index (χ4v) is 8.61. The van der Waals surface area contributed by atoms with Gasteiger partial charge in [0.15, 0.2) is 23.2 Å². The summed E-state index contributed by atoms with van der Waals surface area (Å²) in [6.45, 7) is 8.00. The summed E-state index contributed by atoms with van der Waals surface area (Å²) in [7, 11) is 0. The van der Waals surface area contributed by atoms with Crippen LogP contribution in [0.15, 0.2) is 206 Å². The topological polar surface area (TPSA) is 43.0 Å². The van der Waals surface area contributed by atoms with Crippen molar-refractivity contribution in [1.29, 1.82) is 0 Å². The Balaban J connectivity index is 1.24. The summed E-state index contributed by atoms with van der Waals surface area (Å²) in [6, 6.07) is 71.8. The van der Waals surface area contributed by atoms with Gasteiger partial charge >= 0.3 is 0 Å². The van der Waals surface area contributed by atoms with E-state index in [1.807, 2.05) is 36.4 Å². The maximum absolute atomic E-state index is 8.00. The van der Waals surface area contributed by atoms with Crippen molar-refractivity contribution in [3.05, 3.63) is 240 Å². The first-order chi connectivity index (χ1) is 28.7. The highest BCUT2D eigenvalue weighted by Gasteiger charge is 2.43. The van der Waals surface area contributed by atoms with Crippen molar-refractivity contribution in [1.82, 2.24) is 15.0 Å². The van der Waals surface area contributed by atoms with Gasteiger partial charge in [0.05, 0.1) is 6.57 Å². The average molecular weight is 741 g/mol. The Morgan fingerprint density at radius 1 is 0.379 bits per heavy atom. The quantitative estimate of drug-likeness (QED) is 0.153. The Bertz CT molecular complexity index is 2860. The molecule has 1 aliphatic rings. The molecule has 1 heterocycles. The van der Waals surface area contributed by atoms with Crippen LogP contribution in [0.5, 0.6) is 0 Å². The molecule has 10 rings (SSSR count). The normalized spacial score (nSPS) is 12.5. The number of fused-ring (bicyclic) bond motifs is 3. The minimum absolute atomic E-state index is 0.589. The van der Waals surface area contributed by atoms with Crippen LogP contribution in [0.1, 0.15) is 22.3 Å². The molecule has 4 nitrogen and oxygen atoms in total. The number of benzene rings is 8. The Labute approximate surface area is 338 Å². The summed E-state index contributed by atoms with van der Waals surface area (Å²) in [6.07, 6.45) is 0.643. The number of hydrogen-bond acceptors (Lipinski definition) is 3. The molecule has 0 fully saturated rings. The molecule has 0 atom stereocenters. The van der Waals surface area contributed by atoms with E-state index in [9.17, 15) is 0 Å². The molecule has 9 aromatic rings. The van der Waals surface area contributed by atoms with Gasteiger partial charge in [-0.25, -0.2) is 19.8 Å². The van der Waals surface area contributed by atoms with Crippen LogP contribution in [0.4, 0.5) is 5.69 Å². The summed E-state index contributed by atoms with van der Waals surface area (Å²) in [4.78, 5) is 19.8. The smallest absolute Gasteiger partial charge is 0.187 e. The largest absolute Gasteiger partial charge is 0.238 e. The van der Waals surface area contributed by atoms with Gasteiger partial charge in [-0.2, -0.15) is 0 Å². The standard InChI is InChI=1S/C54H36N4/c1-55-45-30-31-47-46-28-17-29-48(49(46)36-54(50(47)35-45,43-24-13-5-14-25-43)44-26-15-6-16-27-44)53-57-51(39-22-11-4-12-23-39)56-52(58-53)42-33-40(37-18-7-2-8-19-37)32-41(34-42)38-20-9-3-10-21-38/h2-35H,36H2. The van der Waals surface area contributed by atoms with Crippen LogP contribution in [0.25, 0.3) is 72.4 Å². The minimum atomic E-state index is -0.589. The Hall–Kier alpha value is -7.74. The molecular weight excluding hydrogens is 705 g/mol. The van der Waals surface area contributed by atoms with Gasteiger partial charge in [-0.3, -0.25) is 0 Å². The summed E-state index contributed by atoms with van der Waals surface area (Å²) in [5, 5.41) is 0. The first-order valence-electron chi connectivity index (χ1n) is 19.5. The second-order valence-electron chi connectivity index (χ2n) is 14.7. The van der Waals surface area contributed by atoms with Crippen LogP contribution in [-0.4, -0.2) is 15.0 Å². The highest BCUT2D eigenvalue weighted by molar-refractivity contribution is 5.86. The summed E-state index contributed by atoms with van der Waals surface area (Å²) in [5.41, 5.74) is 14.0. The van der Waals surface area contributed by atoms with E-state index < -0.39 is 5.41 Å². The van der Waals surface area contributed by atoms with Crippen molar-refractivity contribution in [3.63, 3.8) is 0 Å². The fourth-order valence-electron chi connectivity index (χ4n) is 8.61. The van der Waals surface area contributed by atoms with Crippen LogP contribution >= 0.6 is 0 Å². The van der Waals surface area contributed by atoms with Gasteiger partial charge in [-0.15, -0.1) is 0 Å². The van der Waals surface area contributed by atoms with Crippen LogP contribution in [0.2, 0.25) is 0 Å². The van der Waals surface area contributed by atoms with Crippen molar-refractivity contribution in [2.24, 2.45) is 0 Å². The van der Waals surface area contributed by atoms with E-state index in [0.717, 1.165) is 72.3 Å². The predicted octanol–water partition coefficient (Wildman–Crippen LogP) is 13.3. The van der Waals surface area contributed by atoms with Crippen LogP contribution < -0.4 is 0 Å². The van der Waals surface area contributed by atoms with Crippen LogP contribution in [0, 0.1) is 6.57 Å². The summed E-state index contributed by atoms with van der Waals surface area (Å²) < 4.78 is 0. The molecule has 8 aromatic carbocycles. The number of nitrogens with zero attached hydrogens (tertiary/aromatic N) is 4. The zero-order valence-electron chi connectivity index (χ0n) is 31.6. The van der Waals surface area contributed by atoms with Crippen molar-refractivity contribution in [3.8, 4) is 67.5 Å². The predicted molar refractivity (Wildman–Crippen MR) is 235 cm³/mol. The number of aromatic nitrogens is 3. The molecule has 1 aliphatic carbocycles. The second kappa shape index (κ2) is 14.7. The Morgan fingerprint density at radius 2 is 0.845 bits per heavy atom. The molecule has 0 N–H and O–H groups in total. The molecule has 0 aliphatic heterocycles. The number of hydrogen-bond donors (Lipinski definition) is 0. The third-order valence-electron chi connectivity index (χ3n) is 11.3. The van der Waals surface area contributed by atoms with Gasteiger partial charge in [-0.1, -0.05) is 188 Å². The average Bonchev–Trinajstić information content (AvgIpc) is 3.32. The summed E-state index contributed by atoms with van der Waals surface area (Å²) in [5.74, 6) is 1.83. The summed E-state index contributed by atoms with van der Waals surface area (Å²) >= 11 is 0. The molecule has 0 amide bonds. The van der Waals surface area contributed by atoms with Crippen LogP contribution in [0.3, 0.4) is 0 Å². The van der Waals surface area contributed by atoms with Crippen molar-refractivity contribution in [2.45, 2.75) is 11.8 Å². The van der Waals surface area contributed by atoms with Gasteiger partial charge in [0.1, 0.15) is 0 Å². The van der Waals surface area contributed by atoms with E-state index in [-0.39, 0.29) is 0 Å². The zero-order valence-corrected chi connectivity index (χ0v) is 31.6. The van der Waals surface area contributed by atoms with E-state index in [2.05, 4.69) is 175 Å². The molecule has 1 aromatic heterocycles. The minimum Gasteiger partial charge on any atom is -0.238 e. The second-order valence-corrected chi connectivity index (χ2v) is 14.7. The van der Waals surface area contributed by atoms with Gasteiger partial charge in [0.25, 0.3) is 0 Å². The molecule has 0 spiro atoms. The molecule has 0 unspecified atom stereocenters. The molecule has 4 heteroatoms. The Kier molecular flexibility index (Phi) is 8.82. The molecule has 0 bridgehead atoms. The fraction of sp³-hybridized carbons (Fsp3) is 0.0370. The lowest BCUT2D eigenvalue weighted by Crippen LogP contribution is -2.35. The SMILES string of the molecule is [C-]#[N+]c1ccc2c(c1)C(c1ccccc1)(c1ccccc1)Cc1c(-c3nc(-c4ccccc4)nc(-c4cc(-c5ccccc5)cc(-c5ccccc5)c4)n3)cccc1-2. The first-order valence-corrected chi connectivity index (χ1v) is 19.5. The first kappa shape index (κ1) is 34.7. The van der Waals surface area contributed by atoms with Gasteiger partial charge in [0, 0.05) is 22.1 Å². The molecular formula is C54H36N4. The van der Waals surface area contributed by atoms with Crippen molar-refractivity contribution < 1.29 is 0 Å². The van der Waals surface area contributed by atoms with Crippen molar-refractivity contribution in [2.75, 3.05) is 0 Å². The van der Waals surface area contributed by atoms with Gasteiger partial charge in [0.2, 0.25) is 0 Å². The lowest BCUT2D eigenvalue weighted by molar-refractivity contribution is 0.607. The van der Waals surface area contributed by atoms with Gasteiger partial charge < -0.3 is 0 Å². The van der Waals surface area contributed by atoms with E-state index in [0.29, 0.717) is 29.6 Å². The maximum atomic E-state index is 8.00. The van der Waals surface area contributed by atoms with E-state index in [1.165, 1.54) is 0 Å². The van der Waals surface area contributed by atoms with Gasteiger partial charge in [-0.05, 0) is 80.3 Å². The van der Waals surface area contributed by atoms with E-state index >= 15 is 0 Å². The molecule has 0 saturated carbocycles. The molecule has 58 heavy (non-hydrogen) atoms. The molecule has 0 saturated heterocycles. The van der Waals surface area contributed by atoms with E-state index in [1.54, 1.807) is 0 Å². The lowest BCUT2D eigenvalue weighted by Gasteiger charge is -2.42. The molecule has 0 radical (unpaired) electrons. The monoisotopic (exact) mass is 740 g/mol. The highest BCUT2D eigenvalue weighted by atomic mass is 15.0. The van der Waals surface area contributed by atoms with E-state index in [4.69, 9.17) is 21.5 Å². The number of rotatable bonds is 7. The molecule has 272 valence electrons. The van der Waals surface area contributed by atoms with Crippen molar-refractivity contribution >= 4 is 5.69 Å². The Morgan fingerprint density at radius 3 is 1.40 bits per heavy atom. The lowest BCUT2D eigenvalue weighted by atomic mass is 9.60. The third kappa shape index (κ3) is 6.16. The van der Waals surface area contributed by atoms with Crippen LogP contribution in [-0.2, 0) is 11.8 Å². The third-order valence-corrected chi connectivity index (χ3v) is 11.3. The highest BCUT2D eigenvalue weighted by Crippen LogP contribution is 2.53. The zero-order chi connectivity index (χ0) is 38.9.